The molecule has 7 nitrogen and oxygen atoms in total. The monoisotopic (exact) mass is 212 g/mol. The summed E-state index contributed by atoms with van der Waals surface area (Å²) in [6.07, 6.45) is 1.34. The first-order valence-electron chi connectivity index (χ1n) is 4.27. The first-order chi connectivity index (χ1) is 6.99. The Kier molecular flexibility index (Phi) is 3.05. The van der Waals surface area contributed by atoms with Gasteiger partial charge in [-0.1, -0.05) is 0 Å². The number of rotatable bonds is 2. The van der Waals surface area contributed by atoms with Gasteiger partial charge in [0, 0.05) is 19.3 Å². The minimum Gasteiger partial charge on any atom is -0.303 e. The molecule has 0 aliphatic rings. The summed E-state index contributed by atoms with van der Waals surface area (Å²) in [4.78, 5) is 34.1. The molecule has 0 fully saturated rings. The fraction of sp³-hybridized carbons (Fsp3) is 0.375. The molecule has 7 heteroatoms. The van der Waals surface area contributed by atoms with Crippen LogP contribution in [0.25, 0.3) is 0 Å². The molecule has 1 unspecified atom stereocenters. The second-order valence-electron chi connectivity index (χ2n) is 3.10. The van der Waals surface area contributed by atoms with Gasteiger partial charge in [0.25, 0.3) is 11.5 Å². The van der Waals surface area contributed by atoms with Crippen molar-refractivity contribution in [3.8, 4) is 0 Å². The maximum absolute atomic E-state index is 11.6. The Labute approximate surface area is 85.1 Å². The third-order valence-corrected chi connectivity index (χ3v) is 2.09. The maximum Gasteiger partial charge on any atom is 0.331 e. The van der Waals surface area contributed by atoms with Gasteiger partial charge in [0.05, 0.1) is 0 Å². The molecule has 0 saturated heterocycles. The molecule has 0 aliphatic heterocycles. The summed E-state index contributed by atoms with van der Waals surface area (Å²) in [5.74, 6) is 4.33. The molecule has 3 N–H and O–H groups in total. The molecular weight excluding hydrogens is 200 g/mol. The number of hydrogen-bond donors (Lipinski definition) is 2. The van der Waals surface area contributed by atoms with E-state index in [0.717, 1.165) is 4.57 Å². The van der Waals surface area contributed by atoms with Gasteiger partial charge < -0.3 is 4.57 Å². The van der Waals surface area contributed by atoms with Crippen LogP contribution in [-0.4, -0.2) is 15.0 Å². The standard InChI is InChI=1S/C8H12N4O3/c1-5(7(14)10-9)12-6(13)3-4-11(2)8(12)15/h3-5H,9H2,1-2H3,(H,10,14). The number of nitrogens with one attached hydrogen (secondary N) is 1. The van der Waals surface area contributed by atoms with Crippen molar-refractivity contribution in [1.29, 1.82) is 0 Å². The van der Waals surface area contributed by atoms with Gasteiger partial charge >= 0.3 is 5.69 Å². The van der Waals surface area contributed by atoms with Gasteiger partial charge in [-0.05, 0) is 6.92 Å². The predicted octanol–water partition coefficient (Wildman–Crippen LogP) is -1.90. The first kappa shape index (κ1) is 11.2. The molecule has 1 aromatic rings. The van der Waals surface area contributed by atoms with Crippen molar-refractivity contribution in [2.45, 2.75) is 13.0 Å². The molecule has 1 atom stereocenters. The van der Waals surface area contributed by atoms with Crippen LogP contribution in [0.2, 0.25) is 0 Å². The van der Waals surface area contributed by atoms with Crippen LogP contribution in [0.3, 0.4) is 0 Å². The van der Waals surface area contributed by atoms with Crippen LogP contribution in [0.4, 0.5) is 0 Å². The Morgan fingerprint density at radius 2 is 2.13 bits per heavy atom. The summed E-state index contributed by atoms with van der Waals surface area (Å²) >= 11 is 0. The average Bonchev–Trinajstić information content (AvgIpc) is 2.22. The third kappa shape index (κ3) is 1.96. The minimum atomic E-state index is -0.928. The Hall–Kier alpha value is -1.89. The molecule has 1 amide bonds. The number of hydrazine groups is 1. The lowest BCUT2D eigenvalue weighted by atomic mass is 10.3. The van der Waals surface area contributed by atoms with Gasteiger partial charge in [-0.15, -0.1) is 0 Å². The number of aryl methyl sites for hydroxylation is 1. The van der Waals surface area contributed by atoms with E-state index in [4.69, 9.17) is 5.84 Å². The Morgan fingerprint density at radius 1 is 1.53 bits per heavy atom. The lowest BCUT2D eigenvalue weighted by Gasteiger charge is -2.12. The minimum absolute atomic E-state index is 0.533. The zero-order chi connectivity index (χ0) is 11.6. The highest BCUT2D eigenvalue weighted by molar-refractivity contribution is 5.79. The van der Waals surface area contributed by atoms with E-state index in [1.807, 2.05) is 5.43 Å². The molecule has 0 saturated carbocycles. The molecule has 1 heterocycles. The molecule has 0 bridgehead atoms. The van der Waals surface area contributed by atoms with Crippen LogP contribution >= 0.6 is 0 Å². The quantitative estimate of drug-likeness (QED) is 0.339. The fourth-order valence-corrected chi connectivity index (χ4v) is 1.18. The summed E-state index contributed by atoms with van der Waals surface area (Å²) < 4.78 is 2.05. The van der Waals surface area contributed by atoms with Crippen molar-refractivity contribution in [3.05, 3.63) is 33.1 Å². The van der Waals surface area contributed by atoms with E-state index in [9.17, 15) is 14.4 Å². The molecule has 0 spiro atoms. The third-order valence-electron chi connectivity index (χ3n) is 2.09. The van der Waals surface area contributed by atoms with E-state index < -0.39 is 23.2 Å². The molecule has 0 radical (unpaired) electrons. The highest BCUT2D eigenvalue weighted by Crippen LogP contribution is 1.96. The number of carbonyl (C=O) groups excluding carboxylic acids is 1. The van der Waals surface area contributed by atoms with Crippen molar-refractivity contribution in [3.63, 3.8) is 0 Å². The van der Waals surface area contributed by atoms with Crippen LogP contribution in [-0.2, 0) is 11.8 Å². The van der Waals surface area contributed by atoms with E-state index in [1.54, 1.807) is 0 Å². The van der Waals surface area contributed by atoms with E-state index >= 15 is 0 Å². The second-order valence-corrected chi connectivity index (χ2v) is 3.10. The molecular formula is C8H12N4O3. The van der Waals surface area contributed by atoms with Gasteiger partial charge in [-0.3, -0.25) is 15.0 Å². The van der Waals surface area contributed by atoms with Crippen LogP contribution in [0.15, 0.2) is 21.9 Å². The molecule has 0 aromatic carbocycles. The average molecular weight is 212 g/mol. The van der Waals surface area contributed by atoms with E-state index in [0.29, 0.717) is 0 Å². The van der Waals surface area contributed by atoms with Crippen molar-refractivity contribution in [2.75, 3.05) is 0 Å². The summed E-state index contributed by atoms with van der Waals surface area (Å²) in [5.41, 5.74) is 0.800. The number of hydrogen-bond acceptors (Lipinski definition) is 4. The number of carbonyl (C=O) groups is 1. The molecule has 1 rings (SSSR count). The van der Waals surface area contributed by atoms with Gasteiger partial charge in [-0.2, -0.15) is 0 Å². The summed E-state index contributed by atoms with van der Waals surface area (Å²) in [6.45, 7) is 1.42. The smallest absolute Gasteiger partial charge is 0.303 e. The van der Waals surface area contributed by atoms with Crippen LogP contribution in [0.1, 0.15) is 13.0 Å². The van der Waals surface area contributed by atoms with Crippen LogP contribution < -0.4 is 22.5 Å². The van der Waals surface area contributed by atoms with Gasteiger partial charge in [0.15, 0.2) is 0 Å². The summed E-state index contributed by atoms with van der Waals surface area (Å²) in [7, 11) is 1.49. The highest BCUT2D eigenvalue weighted by atomic mass is 16.2. The van der Waals surface area contributed by atoms with E-state index in [1.165, 1.54) is 30.8 Å². The van der Waals surface area contributed by atoms with Crippen molar-refractivity contribution in [2.24, 2.45) is 12.9 Å². The van der Waals surface area contributed by atoms with Gasteiger partial charge in [-0.25, -0.2) is 15.2 Å². The zero-order valence-electron chi connectivity index (χ0n) is 8.43. The Balaban J connectivity index is 3.37. The molecule has 1 aromatic heterocycles. The van der Waals surface area contributed by atoms with Gasteiger partial charge in [0.2, 0.25) is 0 Å². The normalized spacial score (nSPS) is 12.2. The Morgan fingerprint density at radius 3 is 2.67 bits per heavy atom. The highest BCUT2D eigenvalue weighted by Gasteiger charge is 2.17. The first-order valence-corrected chi connectivity index (χ1v) is 4.27. The zero-order valence-corrected chi connectivity index (χ0v) is 8.43. The molecule has 0 aliphatic carbocycles. The molecule has 82 valence electrons. The van der Waals surface area contributed by atoms with Crippen molar-refractivity contribution < 1.29 is 4.79 Å². The summed E-state index contributed by atoms with van der Waals surface area (Å²) in [6, 6.07) is 0.282. The summed E-state index contributed by atoms with van der Waals surface area (Å²) in [5, 5.41) is 0. The van der Waals surface area contributed by atoms with Crippen LogP contribution in [0.5, 0.6) is 0 Å². The topological polar surface area (TPSA) is 99.1 Å². The molecule has 15 heavy (non-hydrogen) atoms. The lowest BCUT2D eigenvalue weighted by molar-refractivity contribution is -0.124. The van der Waals surface area contributed by atoms with Crippen LogP contribution in [0, 0.1) is 0 Å². The van der Waals surface area contributed by atoms with E-state index in [-0.39, 0.29) is 0 Å². The lowest BCUT2D eigenvalue weighted by Crippen LogP contribution is -2.46. The number of amides is 1. The van der Waals surface area contributed by atoms with E-state index in [2.05, 4.69) is 0 Å². The predicted molar refractivity (Wildman–Crippen MR) is 53.0 cm³/mol. The fourth-order valence-electron chi connectivity index (χ4n) is 1.18. The van der Waals surface area contributed by atoms with Gasteiger partial charge in [0.1, 0.15) is 6.04 Å². The van der Waals surface area contributed by atoms with Crippen molar-refractivity contribution in [1.82, 2.24) is 14.6 Å². The second kappa shape index (κ2) is 4.09. The van der Waals surface area contributed by atoms with Crippen molar-refractivity contribution >= 4 is 5.91 Å². The Bertz CT molecular complexity index is 487. The number of nitrogens with two attached hydrogens (primary N) is 1. The largest absolute Gasteiger partial charge is 0.331 e. The number of aromatic nitrogens is 2. The number of nitrogens with zero attached hydrogens (tertiary/aromatic N) is 2. The SMILES string of the molecule is CC(C(=O)NN)n1c(=O)ccn(C)c1=O. The maximum atomic E-state index is 11.6.